The number of carbonyl (C=O) groups is 1. The van der Waals surface area contributed by atoms with Gasteiger partial charge in [-0.05, 0) is 44.9 Å². The second-order valence-electron chi connectivity index (χ2n) is 9.56. The van der Waals surface area contributed by atoms with Gasteiger partial charge in [0, 0.05) is 37.7 Å². The van der Waals surface area contributed by atoms with E-state index < -0.39 is 0 Å². The molecule has 3 aliphatic rings. The summed E-state index contributed by atoms with van der Waals surface area (Å²) in [5.41, 5.74) is 2.95. The molecule has 1 saturated carbocycles. The van der Waals surface area contributed by atoms with Crippen molar-refractivity contribution in [3.8, 4) is 11.3 Å². The maximum Gasteiger partial charge on any atom is 0.232 e. The summed E-state index contributed by atoms with van der Waals surface area (Å²) in [5.74, 6) is 1.28. The fraction of sp³-hybridized carbons (Fsp3) is 0.615. The van der Waals surface area contributed by atoms with Crippen LogP contribution in [0.5, 0.6) is 0 Å². The third-order valence-corrected chi connectivity index (χ3v) is 7.27. The molecule has 6 nitrogen and oxygen atoms in total. The van der Waals surface area contributed by atoms with E-state index in [1.165, 1.54) is 19.3 Å². The highest BCUT2D eigenvalue weighted by Crippen LogP contribution is 2.35. The molecule has 0 unspecified atom stereocenters. The fourth-order valence-electron chi connectivity index (χ4n) is 5.50. The minimum absolute atomic E-state index is 0.138. The second kappa shape index (κ2) is 10.1. The number of hydrogen-bond acceptors (Lipinski definition) is 5. The number of hydrogen-bond donors (Lipinski definition) is 0. The Balaban J connectivity index is 1.47. The van der Waals surface area contributed by atoms with Crippen molar-refractivity contribution >= 4 is 11.8 Å². The van der Waals surface area contributed by atoms with Crippen molar-refractivity contribution in [2.45, 2.75) is 70.4 Å². The molecule has 6 heteroatoms. The highest BCUT2D eigenvalue weighted by Gasteiger charge is 2.33. The maximum atomic E-state index is 13.6. The van der Waals surface area contributed by atoms with Crippen LogP contribution in [0.1, 0.15) is 63.4 Å². The molecule has 1 aromatic heterocycles. The molecule has 3 heterocycles. The molecule has 0 N–H and O–H groups in total. The maximum absolute atomic E-state index is 13.6. The summed E-state index contributed by atoms with van der Waals surface area (Å²) in [6.45, 7) is 3.97. The summed E-state index contributed by atoms with van der Waals surface area (Å²) in [4.78, 5) is 18.0. The number of aromatic nitrogens is 1. The van der Waals surface area contributed by atoms with E-state index in [0.717, 1.165) is 80.9 Å². The summed E-state index contributed by atoms with van der Waals surface area (Å²) < 4.78 is 11.9. The Hall–Kier alpha value is -2.34. The van der Waals surface area contributed by atoms with Gasteiger partial charge in [-0.2, -0.15) is 0 Å². The van der Waals surface area contributed by atoms with E-state index in [2.05, 4.69) is 27.1 Å². The summed E-state index contributed by atoms with van der Waals surface area (Å²) in [6, 6.07) is 10.2. The molecule has 32 heavy (non-hydrogen) atoms. The topological polar surface area (TPSA) is 58.8 Å². The van der Waals surface area contributed by atoms with Crippen molar-refractivity contribution in [3.63, 3.8) is 0 Å². The van der Waals surface area contributed by atoms with E-state index in [-0.39, 0.29) is 17.9 Å². The van der Waals surface area contributed by atoms with Gasteiger partial charge in [-0.15, -0.1) is 0 Å². The smallest absolute Gasteiger partial charge is 0.232 e. The monoisotopic (exact) mass is 437 g/mol. The first-order chi connectivity index (χ1) is 15.8. The van der Waals surface area contributed by atoms with Crippen LogP contribution >= 0.6 is 0 Å². The van der Waals surface area contributed by atoms with Crippen LogP contribution < -0.4 is 4.90 Å². The first-order valence-corrected chi connectivity index (χ1v) is 12.5. The average Bonchev–Trinajstić information content (AvgIpc) is 3.61. The standard InChI is InChI=1S/C26H35N3O3/c30-25(21-12-5-6-13-21)29(18-22-14-9-17-31-22)19-23-24(20-10-3-1-4-11-20)27-32-26(23)28-15-7-2-8-16-28/h1,3-4,10-11,21-22H,2,5-9,12-19H2/t22-/m0/s1. The summed E-state index contributed by atoms with van der Waals surface area (Å²) in [5, 5.41) is 4.52. The molecule has 172 valence electrons. The fourth-order valence-corrected chi connectivity index (χ4v) is 5.50. The largest absolute Gasteiger partial charge is 0.376 e. The number of amides is 1. The first-order valence-electron chi connectivity index (χ1n) is 12.5. The third-order valence-electron chi connectivity index (χ3n) is 7.27. The van der Waals surface area contributed by atoms with Crippen LogP contribution in [0.15, 0.2) is 34.9 Å². The Morgan fingerprint density at radius 3 is 2.50 bits per heavy atom. The lowest BCUT2D eigenvalue weighted by Crippen LogP contribution is -2.40. The van der Waals surface area contributed by atoms with Gasteiger partial charge in [0.2, 0.25) is 11.8 Å². The SMILES string of the molecule is O=C(C1CCCC1)N(Cc1c(-c2ccccc2)noc1N1CCCCC1)C[C@@H]1CCCO1. The van der Waals surface area contributed by atoms with E-state index in [1.807, 2.05) is 18.2 Å². The van der Waals surface area contributed by atoms with Gasteiger partial charge >= 0.3 is 0 Å². The van der Waals surface area contributed by atoms with Crippen LogP contribution in [0.4, 0.5) is 5.88 Å². The van der Waals surface area contributed by atoms with E-state index in [9.17, 15) is 4.79 Å². The van der Waals surface area contributed by atoms with Crippen LogP contribution in [-0.2, 0) is 16.1 Å². The normalized spacial score (nSPS) is 21.9. The number of anilines is 1. The molecule has 2 aliphatic heterocycles. The number of nitrogens with zero attached hydrogens (tertiary/aromatic N) is 3. The molecule has 1 amide bonds. The molecule has 5 rings (SSSR count). The minimum Gasteiger partial charge on any atom is -0.376 e. The third kappa shape index (κ3) is 4.70. The van der Waals surface area contributed by atoms with Crippen molar-refractivity contribution in [2.75, 3.05) is 31.1 Å². The zero-order chi connectivity index (χ0) is 21.8. The van der Waals surface area contributed by atoms with Gasteiger partial charge in [0.1, 0.15) is 5.69 Å². The Labute approximate surface area is 190 Å². The van der Waals surface area contributed by atoms with Gasteiger partial charge in [-0.3, -0.25) is 4.79 Å². The quantitative estimate of drug-likeness (QED) is 0.608. The molecule has 0 radical (unpaired) electrons. The van der Waals surface area contributed by atoms with Crippen LogP contribution in [0.2, 0.25) is 0 Å². The van der Waals surface area contributed by atoms with Crippen molar-refractivity contribution in [2.24, 2.45) is 5.92 Å². The lowest BCUT2D eigenvalue weighted by Gasteiger charge is -2.30. The van der Waals surface area contributed by atoms with Crippen LogP contribution in [-0.4, -0.2) is 48.3 Å². The van der Waals surface area contributed by atoms with Crippen molar-refractivity contribution in [1.29, 1.82) is 0 Å². The zero-order valence-electron chi connectivity index (χ0n) is 19.0. The van der Waals surface area contributed by atoms with Gasteiger partial charge in [-0.25, -0.2) is 0 Å². The first kappa shape index (κ1) is 21.5. The summed E-state index contributed by atoms with van der Waals surface area (Å²) >= 11 is 0. The van der Waals surface area contributed by atoms with Crippen molar-refractivity contribution in [1.82, 2.24) is 10.1 Å². The number of piperidine rings is 1. The highest BCUT2D eigenvalue weighted by molar-refractivity contribution is 5.80. The van der Waals surface area contributed by atoms with Crippen LogP contribution in [0.25, 0.3) is 11.3 Å². The molecule has 2 saturated heterocycles. The number of rotatable bonds is 7. The Morgan fingerprint density at radius 2 is 1.78 bits per heavy atom. The molecular weight excluding hydrogens is 402 g/mol. The molecule has 1 atom stereocenters. The Kier molecular flexibility index (Phi) is 6.77. The van der Waals surface area contributed by atoms with E-state index in [4.69, 9.17) is 9.26 Å². The average molecular weight is 438 g/mol. The predicted molar refractivity (Wildman–Crippen MR) is 124 cm³/mol. The summed E-state index contributed by atoms with van der Waals surface area (Å²) in [7, 11) is 0. The molecule has 2 aromatic rings. The molecule has 0 spiro atoms. The minimum atomic E-state index is 0.138. The number of carbonyl (C=O) groups excluding carboxylic acids is 1. The zero-order valence-corrected chi connectivity index (χ0v) is 19.0. The Bertz CT molecular complexity index is 879. The molecule has 1 aliphatic carbocycles. The van der Waals surface area contributed by atoms with Gasteiger partial charge in [0.25, 0.3) is 0 Å². The molecular formula is C26H35N3O3. The predicted octanol–water partition coefficient (Wildman–Crippen LogP) is 5.03. The molecule has 0 bridgehead atoms. The van der Waals surface area contributed by atoms with E-state index in [1.54, 1.807) is 0 Å². The van der Waals surface area contributed by atoms with Crippen molar-refractivity contribution in [3.05, 3.63) is 35.9 Å². The molecule has 1 aromatic carbocycles. The lowest BCUT2D eigenvalue weighted by molar-refractivity contribution is -0.137. The number of benzene rings is 1. The summed E-state index contributed by atoms with van der Waals surface area (Å²) in [6.07, 6.45) is 10.2. The van der Waals surface area contributed by atoms with Crippen molar-refractivity contribution < 1.29 is 14.1 Å². The molecule has 3 fully saturated rings. The van der Waals surface area contributed by atoms with Crippen LogP contribution in [0.3, 0.4) is 0 Å². The lowest BCUT2D eigenvalue weighted by atomic mass is 10.0. The van der Waals surface area contributed by atoms with Crippen LogP contribution in [0, 0.1) is 5.92 Å². The van der Waals surface area contributed by atoms with E-state index >= 15 is 0 Å². The number of ether oxygens (including phenoxy) is 1. The van der Waals surface area contributed by atoms with Gasteiger partial charge in [0.05, 0.1) is 18.2 Å². The van der Waals surface area contributed by atoms with Gasteiger partial charge < -0.3 is 19.1 Å². The van der Waals surface area contributed by atoms with Gasteiger partial charge in [-0.1, -0.05) is 48.3 Å². The highest BCUT2D eigenvalue weighted by atomic mass is 16.5. The van der Waals surface area contributed by atoms with Gasteiger partial charge in [0.15, 0.2) is 0 Å². The van der Waals surface area contributed by atoms with E-state index in [0.29, 0.717) is 13.1 Å². The Morgan fingerprint density at radius 1 is 1.00 bits per heavy atom. The second-order valence-corrected chi connectivity index (χ2v) is 9.56.